The predicted molar refractivity (Wildman–Crippen MR) is 146 cm³/mol. The third kappa shape index (κ3) is 6.55. The number of anilines is 1. The number of nitrogen functional groups attached to an aromatic ring is 1. The Kier molecular flexibility index (Phi) is 8.55. The lowest BCUT2D eigenvalue weighted by Gasteiger charge is -2.26. The zero-order chi connectivity index (χ0) is 28.3. The summed E-state index contributed by atoms with van der Waals surface area (Å²) in [5.41, 5.74) is 5.76. The number of carbonyl (C=O) groups excluding carboxylic acids is 1. The van der Waals surface area contributed by atoms with Crippen molar-refractivity contribution >= 4 is 30.8 Å². The van der Waals surface area contributed by atoms with Gasteiger partial charge in [0.1, 0.15) is 24.1 Å². The molecular weight excluding hydrogens is 539 g/mol. The number of hydrogen-bond donors (Lipinski definition) is 3. The number of esters is 1. The fraction of sp³-hybridized carbons (Fsp3) is 0.538. The molecule has 5 rings (SSSR count). The van der Waals surface area contributed by atoms with E-state index in [1.165, 1.54) is 6.33 Å². The number of carbonyl (C=O) groups is 1. The molecule has 3 aromatic rings. The molecule has 5 atom stereocenters. The van der Waals surface area contributed by atoms with Crippen molar-refractivity contribution in [3.63, 3.8) is 0 Å². The highest BCUT2D eigenvalue weighted by Gasteiger charge is 2.39. The van der Waals surface area contributed by atoms with Crippen LogP contribution in [-0.2, 0) is 23.4 Å². The second-order valence-electron chi connectivity index (χ2n) is 10.4. The third-order valence-corrected chi connectivity index (χ3v) is 8.76. The molecule has 2 aliphatic rings. The largest absolute Gasteiger partial charge is 0.461 e. The highest BCUT2D eigenvalue weighted by atomic mass is 31.2. The lowest BCUT2D eigenvalue weighted by molar-refractivity contribution is -0.152. The Morgan fingerprint density at radius 3 is 2.77 bits per heavy atom. The predicted octanol–water partition coefficient (Wildman–Crippen LogP) is 3.68. The number of rotatable bonds is 10. The van der Waals surface area contributed by atoms with Crippen molar-refractivity contribution in [2.24, 2.45) is 5.92 Å². The number of para-hydroxylation sites is 1. The number of benzene rings is 1. The van der Waals surface area contributed by atoms with Gasteiger partial charge in [0.05, 0.1) is 19.0 Å². The van der Waals surface area contributed by atoms with Crippen molar-refractivity contribution in [1.82, 2.24) is 24.6 Å². The van der Waals surface area contributed by atoms with E-state index in [0.29, 0.717) is 17.8 Å². The van der Waals surface area contributed by atoms with E-state index >= 15 is 0 Å². The normalized spacial score (nSPS) is 24.0. The van der Waals surface area contributed by atoms with Crippen molar-refractivity contribution in [3.05, 3.63) is 47.0 Å². The van der Waals surface area contributed by atoms with Gasteiger partial charge in [-0.3, -0.25) is 23.7 Å². The minimum Gasteiger partial charge on any atom is -0.461 e. The number of fused-ring (bicyclic) bond motifs is 1. The van der Waals surface area contributed by atoms with Crippen LogP contribution in [0.15, 0.2) is 41.5 Å². The van der Waals surface area contributed by atoms with Crippen LogP contribution >= 0.6 is 7.75 Å². The molecule has 4 N–H and O–H groups in total. The molecule has 0 spiro atoms. The lowest BCUT2D eigenvalue weighted by Crippen LogP contribution is -2.37. The van der Waals surface area contributed by atoms with Gasteiger partial charge in [-0.15, -0.1) is 0 Å². The summed E-state index contributed by atoms with van der Waals surface area (Å²) in [5, 5.41) is 2.75. The maximum absolute atomic E-state index is 13.9. The molecule has 1 aliphatic carbocycles. The molecule has 1 aromatic carbocycles. The number of nitrogens with one attached hydrogen (secondary N) is 2. The molecular formula is C26H35N6O7P. The Morgan fingerprint density at radius 1 is 1.27 bits per heavy atom. The summed E-state index contributed by atoms with van der Waals surface area (Å²) in [7, 11) is -4.03. The number of imidazole rings is 1. The molecule has 1 unspecified atom stereocenters. The SMILES string of the molecule is C[C@H](NP(=O)(OC[C@@H]1C[C@H](C)[C@H](n2cnc3c(=O)[nH]c(N)nc32)O1)Oc1ccccc1)C(=O)OC1CCCCC1. The van der Waals surface area contributed by atoms with Gasteiger partial charge in [-0.05, 0) is 51.2 Å². The minimum absolute atomic E-state index is 0.0138. The summed E-state index contributed by atoms with van der Waals surface area (Å²) in [6, 6.07) is 7.66. The highest BCUT2D eigenvalue weighted by molar-refractivity contribution is 7.52. The number of nitrogens with zero attached hydrogens (tertiary/aromatic N) is 3. The third-order valence-electron chi connectivity index (χ3n) is 7.12. The number of hydrogen-bond acceptors (Lipinski definition) is 10. The molecule has 0 amide bonds. The number of nitrogens with two attached hydrogens (primary N) is 1. The van der Waals surface area contributed by atoms with E-state index in [1.54, 1.807) is 41.8 Å². The van der Waals surface area contributed by atoms with E-state index < -0.39 is 37.6 Å². The minimum atomic E-state index is -4.03. The maximum Gasteiger partial charge on any atom is 0.459 e. The molecule has 14 heteroatoms. The number of aromatic amines is 1. The van der Waals surface area contributed by atoms with Gasteiger partial charge < -0.3 is 19.7 Å². The summed E-state index contributed by atoms with van der Waals surface area (Å²) in [6.07, 6.45) is 5.79. The average molecular weight is 575 g/mol. The molecule has 13 nitrogen and oxygen atoms in total. The van der Waals surface area contributed by atoms with Crippen LogP contribution in [-0.4, -0.2) is 50.3 Å². The molecule has 1 saturated heterocycles. The first kappa shape index (κ1) is 28.3. The van der Waals surface area contributed by atoms with Crippen LogP contribution in [0, 0.1) is 5.92 Å². The van der Waals surface area contributed by atoms with E-state index in [0.717, 1.165) is 32.1 Å². The summed E-state index contributed by atoms with van der Waals surface area (Å²) in [5.74, 6) is -0.221. The lowest BCUT2D eigenvalue weighted by atomic mass is 9.98. The quantitative estimate of drug-likeness (QED) is 0.238. The Labute approximate surface area is 231 Å². The second-order valence-corrected chi connectivity index (χ2v) is 12.1. The van der Waals surface area contributed by atoms with Crippen molar-refractivity contribution in [3.8, 4) is 5.75 Å². The van der Waals surface area contributed by atoms with Crippen LogP contribution in [0.3, 0.4) is 0 Å². The summed E-state index contributed by atoms with van der Waals surface area (Å²) in [4.78, 5) is 35.8. The number of aromatic nitrogens is 4. The first-order valence-corrected chi connectivity index (χ1v) is 15.1. The molecule has 1 aliphatic heterocycles. The average Bonchev–Trinajstić information content (AvgIpc) is 3.51. The molecule has 0 radical (unpaired) electrons. The van der Waals surface area contributed by atoms with Crippen molar-refractivity contribution < 1.29 is 27.9 Å². The topological polar surface area (TPSA) is 173 Å². The van der Waals surface area contributed by atoms with Gasteiger partial charge in [-0.2, -0.15) is 10.1 Å². The van der Waals surface area contributed by atoms with Crippen LogP contribution < -0.4 is 20.9 Å². The zero-order valence-electron chi connectivity index (χ0n) is 22.5. The van der Waals surface area contributed by atoms with Gasteiger partial charge in [-0.1, -0.05) is 31.5 Å². The van der Waals surface area contributed by atoms with Crippen molar-refractivity contribution in [2.75, 3.05) is 12.3 Å². The Hall–Kier alpha value is -3.25. The number of ether oxygens (including phenoxy) is 2. The van der Waals surface area contributed by atoms with Crippen LogP contribution in [0.1, 0.15) is 58.6 Å². The Bertz CT molecular complexity index is 1420. The molecule has 0 bridgehead atoms. The monoisotopic (exact) mass is 574 g/mol. The van der Waals surface area contributed by atoms with E-state index in [-0.39, 0.29) is 30.1 Å². The van der Waals surface area contributed by atoms with Crippen LogP contribution in [0.4, 0.5) is 5.95 Å². The fourth-order valence-electron chi connectivity index (χ4n) is 5.12. The van der Waals surface area contributed by atoms with E-state index in [4.69, 9.17) is 24.3 Å². The van der Waals surface area contributed by atoms with Gasteiger partial charge in [0.25, 0.3) is 5.56 Å². The molecule has 216 valence electrons. The van der Waals surface area contributed by atoms with Crippen LogP contribution in [0.5, 0.6) is 5.75 Å². The summed E-state index contributed by atoms with van der Waals surface area (Å²) >= 11 is 0. The van der Waals surface area contributed by atoms with Crippen molar-refractivity contribution in [2.45, 2.75) is 76.9 Å². The molecule has 2 fully saturated rings. The Balaban J connectivity index is 1.27. The standard InChI is InChI=1S/C26H35N6O7P/c1-16-13-20(37-24(16)32-15-28-21-22(32)29-26(27)30-23(21)33)14-36-40(35,39-19-11-7-4-8-12-19)31-17(2)25(34)38-18-9-5-3-6-10-18/h4,7-8,11-12,15-18,20,24H,3,5-6,9-10,13-14H2,1-2H3,(H,31,35)(H3,27,29,30,33)/t16-,17-,20-,24+,40?/m0/s1. The highest BCUT2D eigenvalue weighted by Crippen LogP contribution is 2.46. The Morgan fingerprint density at radius 2 is 2.02 bits per heavy atom. The van der Waals surface area contributed by atoms with Gasteiger partial charge in [0.2, 0.25) is 5.95 Å². The van der Waals surface area contributed by atoms with E-state index in [2.05, 4.69) is 20.0 Å². The van der Waals surface area contributed by atoms with E-state index in [9.17, 15) is 14.2 Å². The van der Waals surface area contributed by atoms with E-state index in [1.807, 2.05) is 6.92 Å². The summed E-state index contributed by atoms with van der Waals surface area (Å²) in [6.45, 7) is 3.48. The molecule has 2 aromatic heterocycles. The van der Waals surface area contributed by atoms with Gasteiger partial charge in [0.15, 0.2) is 11.2 Å². The molecule has 40 heavy (non-hydrogen) atoms. The van der Waals surface area contributed by atoms with Crippen LogP contribution in [0.2, 0.25) is 0 Å². The second kappa shape index (κ2) is 12.1. The molecule has 3 heterocycles. The first-order chi connectivity index (χ1) is 19.2. The number of H-pyrrole nitrogens is 1. The molecule has 1 saturated carbocycles. The van der Waals surface area contributed by atoms with Crippen molar-refractivity contribution in [1.29, 1.82) is 0 Å². The summed E-state index contributed by atoms with van der Waals surface area (Å²) < 4.78 is 39.0. The van der Waals surface area contributed by atoms with Gasteiger partial charge in [0, 0.05) is 5.92 Å². The maximum atomic E-state index is 13.9. The smallest absolute Gasteiger partial charge is 0.459 e. The van der Waals surface area contributed by atoms with Crippen LogP contribution in [0.25, 0.3) is 11.2 Å². The fourth-order valence-corrected chi connectivity index (χ4v) is 6.65. The van der Waals surface area contributed by atoms with Gasteiger partial charge in [-0.25, -0.2) is 9.55 Å². The first-order valence-electron chi connectivity index (χ1n) is 13.6. The zero-order valence-corrected chi connectivity index (χ0v) is 23.4. The van der Waals surface area contributed by atoms with Gasteiger partial charge >= 0.3 is 13.7 Å².